The zero-order valence-corrected chi connectivity index (χ0v) is 12.7. The van der Waals surface area contributed by atoms with E-state index in [2.05, 4.69) is 15.0 Å². The lowest BCUT2D eigenvalue weighted by Crippen LogP contribution is -2.19. The molecular weight excluding hydrogens is 295 g/mol. The molecule has 3 heterocycles. The molecule has 0 unspecified atom stereocenters. The average Bonchev–Trinajstić information content (AvgIpc) is 3.15. The summed E-state index contributed by atoms with van der Waals surface area (Å²) in [7, 11) is 1.90. The second kappa shape index (κ2) is 4.94. The first-order chi connectivity index (χ1) is 11.0. The quantitative estimate of drug-likeness (QED) is 0.743. The Balaban J connectivity index is 1.69. The zero-order chi connectivity index (χ0) is 16.0. The molecule has 4 rings (SSSR count). The van der Waals surface area contributed by atoms with Crippen molar-refractivity contribution in [1.29, 1.82) is 0 Å². The largest absolute Gasteiger partial charge is 0.332 e. The molecule has 0 N–H and O–H groups in total. The molecule has 23 heavy (non-hydrogen) atoms. The zero-order valence-electron chi connectivity index (χ0n) is 12.7. The van der Waals surface area contributed by atoms with Crippen LogP contribution in [0.3, 0.4) is 0 Å². The van der Waals surface area contributed by atoms with E-state index in [0.29, 0.717) is 18.5 Å². The number of ketones is 1. The van der Waals surface area contributed by atoms with Gasteiger partial charge in [-0.1, -0.05) is 0 Å². The van der Waals surface area contributed by atoms with Crippen LogP contribution in [-0.2, 0) is 18.3 Å². The van der Waals surface area contributed by atoms with Crippen molar-refractivity contribution in [2.24, 2.45) is 7.05 Å². The number of carbonyl (C=O) groups excluding carboxylic acids is 1. The maximum Gasteiger partial charge on any atom is 0.175 e. The Kier molecular flexibility index (Phi) is 3.01. The van der Waals surface area contributed by atoms with Gasteiger partial charge in [-0.25, -0.2) is 14.4 Å². The number of halogens is 1. The maximum atomic E-state index is 13.8. The molecule has 116 valence electrons. The predicted molar refractivity (Wildman–Crippen MR) is 83.5 cm³/mol. The molecule has 1 aliphatic carbocycles. The molecule has 1 aliphatic rings. The fourth-order valence-corrected chi connectivity index (χ4v) is 2.61. The summed E-state index contributed by atoms with van der Waals surface area (Å²) in [5, 5.41) is 0.883. The third kappa shape index (κ3) is 2.50. The van der Waals surface area contributed by atoms with Gasteiger partial charge in [0.05, 0.1) is 41.5 Å². The van der Waals surface area contributed by atoms with E-state index in [9.17, 15) is 9.18 Å². The van der Waals surface area contributed by atoms with E-state index in [4.69, 9.17) is 0 Å². The van der Waals surface area contributed by atoms with Crippen LogP contribution in [0.4, 0.5) is 4.39 Å². The monoisotopic (exact) mass is 310 g/mol. The van der Waals surface area contributed by atoms with Crippen molar-refractivity contribution in [3.8, 4) is 11.4 Å². The van der Waals surface area contributed by atoms with Crippen LogP contribution in [0, 0.1) is 0 Å². The van der Waals surface area contributed by atoms with Gasteiger partial charge in [0.2, 0.25) is 0 Å². The molecule has 0 radical (unpaired) electrons. The minimum absolute atomic E-state index is 0.0179. The van der Waals surface area contributed by atoms with Crippen LogP contribution in [0.5, 0.6) is 0 Å². The van der Waals surface area contributed by atoms with Gasteiger partial charge in [-0.15, -0.1) is 0 Å². The minimum atomic E-state index is -1.61. The number of aryl methyl sites for hydroxylation is 1. The Labute approximate surface area is 132 Å². The average molecular weight is 310 g/mol. The summed E-state index contributed by atoms with van der Waals surface area (Å²) in [5.74, 6) is -0.382. The van der Waals surface area contributed by atoms with Crippen LogP contribution < -0.4 is 0 Å². The molecular formula is C17H15FN4O. The van der Waals surface area contributed by atoms with Crippen LogP contribution in [0.2, 0.25) is 0 Å². The number of carbonyl (C=O) groups is 1. The maximum absolute atomic E-state index is 13.8. The Morgan fingerprint density at radius 2 is 2.17 bits per heavy atom. The first-order valence-corrected chi connectivity index (χ1v) is 7.50. The Bertz CT molecular complexity index is 914. The summed E-state index contributed by atoms with van der Waals surface area (Å²) in [6.45, 7) is 0. The number of fused-ring (bicyclic) bond motifs is 1. The highest BCUT2D eigenvalue weighted by molar-refractivity contribution is 5.92. The van der Waals surface area contributed by atoms with Crippen LogP contribution >= 0.6 is 0 Å². The lowest BCUT2D eigenvalue weighted by atomic mass is 10.1. The smallest absolute Gasteiger partial charge is 0.175 e. The standard InChI is InChI=1S/C17H15FN4O/c1-22-10-19-9-15(22)13-3-2-11-8-20-12(6-14(11)21-13)7-16(23)17(18)4-5-17/h2-3,6,8-10H,4-5,7H2,1H3. The molecule has 0 aromatic carbocycles. The van der Waals surface area contributed by atoms with Crippen LogP contribution in [0.25, 0.3) is 22.3 Å². The van der Waals surface area contributed by atoms with Gasteiger partial charge >= 0.3 is 0 Å². The summed E-state index contributed by atoms with van der Waals surface area (Å²) in [5.41, 5.74) is 1.39. The molecule has 1 fully saturated rings. The number of Topliss-reactive ketones (excluding diaryl/α,β-unsaturated/α-hetero) is 1. The topological polar surface area (TPSA) is 60.7 Å². The molecule has 3 aromatic rings. The van der Waals surface area contributed by atoms with Gasteiger partial charge in [0.15, 0.2) is 11.5 Å². The second-order valence-electron chi connectivity index (χ2n) is 6.02. The van der Waals surface area contributed by atoms with Crippen LogP contribution in [0.15, 0.2) is 36.9 Å². The van der Waals surface area contributed by atoms with Crippen molar-refractivity contribution in [2.45, 2.75) is 24.9 Å². The van der Waals surface area contributed by atoms with Gasteiger partial charge in [-0.3, -0.25) is 9.78 Å². The lowest BCUT2D eigenvalue weighted by molar-refractivity contribution is -0.124. The first kappa shape index (κ1) is 14.0. The minimum Gasteiger partial charge on any atom is -0.332 e. The van der Waals surface area contributed by atoms with Crippen molar-refractivity contribution >= 4 is 16.7 Å². The predicted octanol–water partition coefficient (Wildman–Crippen LogP) is 2.64. The Hall–Kier alpha value is -2.63. The van der Waals surface area contributed by atoms with Gasteiger partial charge in [0.25, 0.3) is 0 Å². The van der Waals surface area contributed by atoms with Gasteiger partial charge in [0, 0.05) is 18.6 Å². The van der Waals surface area contributed by atoms with E-state index in [0.717, 1.165) is 22.3 Å². The summed E-state index contributed by atoms with van der Waals surface area (Å²) in [4.78, 5) is 24.8. The number of nitrogens with zero attached hydrogens (tertiary/aromatic N) is 4. The second-order valence-corrected chi connectivity index (χ2v) is 6.02. The Morgan fingerprint density at radius 3 is 2.87 bits per heavy atom. The summed E-state index contributed by atoms with van der Waals surface area (Å²) >= 11 is 0. The fraction of sp³-hybridized carbons (Fsp3) is 0.294. The molecule has 1 saturated carbocycles. The van der Waals surface area contributed by atoms with Gasteiger partial charge in [-0.2, -0.15) is 0 Å². The number of pyridine rings is 2. The van der Waals surface area contributed by atoms with Crippen molar-refractivity contribution in [2.75, 3.05) is 0 Å². The number of hydrogen-bond donors (Lipinski definition) is 0. The molecule has 0 bridgehead atoms. The SMILES string of the molecule is Cn1cncc1-c1ccc2cnc(CC(=O)C3(F)CC3)cc2n1. The van der Waals surface area contributed by atoms with Crippen molar-refractivity contribution < 1.29 is 9.18 Å². The van der Waals surface area contributed by atoms with Crippen LogP contribution in [-0.4, -0.2) is 31.0 Å². The van der Waals surface area contributed by atoms with Gasteiger partial charge < -0.3 is 4.57 Å². The summed E-state index contributed by atoms with van der Waals surface area (Å²) in [6.07, 6.45) is 5.83. The van der Waals surface area contributed by atoms with E-state index < -0.39 is 5.67 Å². The number of aromatic nitrogens is 4. The molecule has 0 aliphatic heterocycles. The lowest BCUT2D eigenvalue weighted by Gasteiger charge is -2.06. The van der Waals surface area contributed by atoms with Crippen molar-refractivity contribution in [3.05, 3.63) is 42.6 Å². The Morgan fingerprint density at radius 1 is 1.35 bits per heavy atom. The third-order valence-electron chi connectivity index (χ3n) is 4.24. The first-order valence-electron chi connectivity index (χ1n) is 7.50. The highest BCUT2D eigenvalue weighted by Gasteiger charge is 2.50. The molecule has 3 aromatic heterocycles. The molecule has 0 atom stereocenters. The number of alkyl halides is 1. The normalized spacial score (nSPS) is 15.7. The highest BCUT2D eigenvalue weighted by Crippen LogP contribution is 2.41. The van der Waals surface area contributed by atoms with Crippen molar-refractivity contribution in [1.82, 2.24) is 19.5 Å². The number of hydrogen-bond acceptors (Lipinski definition) is 4. The van der Waals surface area contributed by atoms with Crippen molar-refractivity contribution in [3.63, 3.8) is 0 Å². The molecule has 0 amide bonds. The van der Waals surface area contributed by atoms with E-state index in [1.807, 2.05) is 23.7 Å². The van der Waals surface area contributed by atoms with Gasteiger partial charge in [0.1, 0.15) is 0 Å². The van der Waals surface area contributed by atoms with E-state index in [1.54, 1.807) is 24.8 Å². The molecule has 0 spiro atoms. The third-order valence-corrected chi connectivity index (χ3v) is 4.24. The van der Waals surface area contributed by atoms with Crippen LogP contribution in [0.1, 0.15) is 18.5 Å². The van der Waals surface area contributed by atoms with E-state index >= 15 is 0 Å². The highest BCUT2D eigenvalue weighted by atomic mass is 19.1. The fourth-order valence-electron chi connectivity index (χ4n) is 2.61. The van der Waals surface area contributed by atoms with E-state index in [-0.39, 0.29) is 12.2 Å². The summed E-state index contributed by atoms with van der Waals surface area (Å²) in [6, 6.07) is 5.60. The van der Waals surface area contributed by atoms with E-state index in [1.165, 1.54) is 0 Å². The summed E-state index contributed by atoms with van der Waals surface area (Å²) < 4.78 is 15.7. The van der Waals surface area contributed by atoms with Gasteiger partial charge in [-0.05, 0) is 31.0 Å². The molecule has 0 saturated heterocycles. The number of rotatable bonds is 4. The number of imidazole rings is 1. The molecule has 6 heteroatoms. The molecule has 5 nitrogen and oxygen atoms in total.